The molecule has 2 aromatic carbocycles. The maximum absolute atomic E-state index is 13.8. The molecule has 0 radical (unpaired) electrons. The number of aromatic nitrogens is 1. The highest BCUT2D eigenvalue weighted by atomic mass is 32.2. The van der Waals surface area contributed by atoms with Crippen LogP contribution < -0.4 is 19.2 Å². The molecule has 0 bridgehead atoms. The van der Waals surface area contributed by atoms with E-state index in [4.69, 9.17) is 9.47 Å². The quantitative estimate of drug-likeness (QED) is 0.409. The number of benzene rings is 2. The van der Waals surface area contributed by atoms with Gasteiger partial charge in [-0.1, -0.05) is 49.1 Å². The molecular formula is C26H23F3N2O5S2. The molecule has 3 heterocycles. The van der Waals surface area contributed by atoms with Gasteiger partial charge in [0.05, 0.1) is 35.9 Å². The van der Waals surface area contributed by atoms with Crippen molar-refractivity contribution in [3.63, 3.8) is 0 Å². The number of alkyl halides is 3. The van der Waals surface area contributed by atoms with Crippen LogP contribution in [0.15, 0.2) is 52.3 Å². The molecule has 1 N–H and O–H groups in total. The molecule has 0 aliphatic carbocycles. The van der Waals surface area contributed by atoms with E-state index < -0.39 is 40.6 Å². The van der Waals surface area contributed by atoms with Gasteiger partial charge in [-0.15, -0.1) is 0 Å². The fourth-order valence-electron chi connectivity index (χ4n) is 4.71. The van der Waals surface area contributed by atoms with Crippen LogP contribution in [0, 0.1) is 11.8 Å². The monoisotopic (exact) mass is 564 g/mol. The van der Waals surface area contributed by atoms with Crippen molar-refractivity contribution in [3.05, 3.63) is 68.1 Å². The number of hydrogen-bond donors (Lipinski definition) is 1. The predicted molar refractivity (Wildman–Crippen MR) is 137 cm³/mol. The minimum atomic E-state index is -4.63. The van der Waals surface area contributed by atoms with Gasteiger partial charge in [-0.05, 0) is 41.8 Å². The average molecular weight is 565 g/mol. The van der Waals surface area contributed by atoms with Crippen molar-refractivity contribution >= 4 is 40.6 Å². The summed E-state index contributed by atoms with van der Waals surface area (Å²) in [4.78, 5) is 43.4. The lowest BCUT2D eigenvalue weighted by atomic mass is 9.83. The third-order valence-corrected chi connectivity index (χ3v) is 8.78. The van der Waals surface area contributed by atoms with Crippen molar-refractivity contribution in [1.29, 1.82) is 0 Å². The van der Waals surface area contributed by atoms with Crippen LogP contribution in [-0.4, -0.2) is 35.8 Å². The number of anilines is 1. The van der Waals surface area contributed by atoms with Gasteiger partial charge in [0.25, 0.3) is 0 Å². The number of carbonyl (C=O) groups excluding carboxylic acids is 2. The second-order valence-electron chi connectivity index (χ2n) is 9.42. The molecule has 200 valence electrons. The molecule has 1 aromatic heterocycles. The summed E-state index contributed by atoms with van der Waals surface area (Å²) in [6.07, 6.45) is -4.63. The van der Waals surface area contributed by atoms with Crippen LogP contribution in [0.4, 0.5) is 18.9 Å². The highest BCUT2D eigenvalue weighted by Crippen LogP contribution is 2.54. The summed E-state index contributed by atoms with van der Waals surface area (Å²) in [5.41, 5.74) is -0.479. The molecule has 2 amide bonds. The Labute approximate surface area is 223 Å². The molecule has 38 heavy (non-hydrogen) atoms. The highest BCUT2D eigenvalue weighted by molar-refractivity contribution is 8.00. The van der Waals surface area contributed by atoms with Gasteiger partial charge in [-0.2, -0.15) is 13.2 Å². The predicted octanol–water partition coefficient (Wildman–Crippen LogP) is 5.29. The SMILES string of the molecule is COc1cc(C2c3sc(=O)[nH]c3SC3C(=O)N(c4cccc(C(F)(F)F)c4)C(=O)C32)ccc1OCC(C)C. The number of imide groups is 1. The van der Waals surface area contributed by atoms with Crippen LogP contribution in [0.1, 0.15) is 35.8 Å². The average Bonchev–Trinajstić information content (AvgIpc) is 3.36. The van der Waals surface area contributed by atoms with E-state index in [2.05, 4.69) is 4.98 Å². The second-order valence-corrected chi connectivity index (χ2v) is 11.6. The Bertz CT molecular complexity index is 1470. The number of nitrogens with zero attached hydrogens (tertiary/aromatic N) is 1. The molecule has 3 unspecified atom stereocenters. The largest absolute Gasteiger partial charge is 0.493 e. The van der Waals surface area contributed by atoms with Crippen LogP contribution in [0.25, 0.3) is 0 Å². The van der Waals surface area contributed by atoms with Gasteiger partial charge in [-0.3, -0.25) is 14.4 Å². The van der Waals surface area contributed by atoms with Gasteiger partial charge in [0.2, 0.25) is 11.8 Å². The molecular weight excluding hydrogens is 541 g/mol. The van der Waals surface area contributed by atoms with Crippen LogP contribution in [0.3, 0.4) is 0 Å². The van der Waals surface area contributed by atoms with Crippen molar-refractivity contribution < 1.29 is 32.2 Å². The van der Waals surface area contributed by atoms with Crippen molar-refractivity contribution in [1.82, 2.24) is 4.98 Å². The summed E-state index contributed by atoms with van der Waals surface area (Å²) in [6.45, 7) is 4.48. The van der Waals surface area contributed by atoms with Gasteiger partial charge in [0.1, 0.15) is 5.25 Å². The van der Waals surface area contributed by atoms with E-state index in [9.17, 15) is 27.6 Å². The summed E-state index contributed by atoms with van der Waals surface area (Å²) in [5.74, 6) is -1.67. The zero-order valence-corrected chi connectivity index (χ0v) is 22.1. The second kappa shape index (κ2) is 9.81. The number of methoxy groups -OCH3 is 1. The molecule has 12 heteroatoms. The van der Waals surface area contributed by atoms with E-state index in [1.54, 1.807) is 18.2 Å². The number of carbonyl (C=O) groups is 2. The third-order valence-electron chi connectivity index (χ3n) is 6.37. The molecule has 3 aromatic rings. The lowest BCUT2D eigenvalue weighted by Crippen LogP contribution is -2.32. The fraction of sp³-hybridized carbons (Fsp3) is 0.346. The number of thiazole rings is 1. The maximum atomic E-state index is 13.8. The minimum Gasteiger partial charge on any atom is -0.493 e. The fourth-order valence-corrected chi connectivity index (χ4v) is 7.22. The van der Waals surface area contributed by atoms with Crippen LogP contribution in [0.5, 0.6) is 11.5 Å². The number of halogens is 3. The smallest absolute Gasteiger partial charge is 0.416 e. The zero-order chi connectivity index (χ0) is 27.4. The molecule has 2 aliphatic heterocycles. The molecule has 1 fully saturated rings. The Hall–Kier alpha value is -3.25. The number of fused-ring (bicyclic) bond motifs is 2. The van der Waals surface area contributed by atoms with Crippen molar-refractivity contribution in [2.24, 2.45) is 11.8 Å². The maximum Gasteiger partial charge on any atom is 0.416 e. The van der Waals surface area contributed by atoms with Gasteiger partial charge < -0.3 is 14.5 Å². The van der Waals surface area contributed by atoms with Gasteiger partial charge in [0.15, 0.2) is 11.5 Å². The molecule has 2 aliphatic rings. The third kappa shape index (κ3) is 4.60. The van der Waals surface area contributed by atoms with Gasteiger partial charge in [0, 0.05) is 10.8 Å². The number of nitrogens with one attached hydrogen (secondary N) is 1. The molecule has 1 saturated heterocycles. The van der Waals surface area contributed by atoms with E-state index in [1.807, 2.05) is 13.8 Å². The molecule has 3 atom stereocenters. The number of rotatable bonds is 6. The first-order valence-electron chi connectivity index (χ1n) is 11.7. The first-order valence-corrected chi connectivity index (χ1v) is 13.4. The summed E-state index contributed by atoms with van der Waals surface area (Å²) in [7, 11) is 1.49. The number of aromatic amines is 1. The molecule has 0 spiro atoms. The number of hydrogen-bond acceptors (Lipinski definition) is 7. The Morgan fingerprint density at radius 3 is 2.50 bits per heavy atom. The molecule has 7 nitrogen and oxygen atoms in total. The summed E-state index contributed by atoms with van der Waals surface area (Å²) >= 11 is 2.00. The number of amides is 2. The normalized spacial score (nSPS) is 21.0. The van der Waals surface area contributed by atoms with E-state index in [0.29, 0.717) is 33.6 Å². The van der Waals surface area contributed by atoms with E-state index >= 15 is 0 Å². The van der Waals surface area contributed by atoms with Gasteiger partial charge >= 0.3 is 11.0 Å². The van der Waals surface area contributed by atoms with Crippen LogP contribution in [0.2, 0.25) is 0 Å². The number of H-pyrrole nitrogens is 1. The van der Waals surface area contributed by atoms with Crippen LogP contribution in [-0.2, 0) is 15.8 Å². The number of ether oxygens (including phenoxy) is 2. The number of thioether (sulfide) groups is 1. The summed E-state index contributed by atoms with van der Waals surface area (Å²) in [5, 5.41) is -0.458. The molecule has 0 saturated carbocycles. The van der Waals surface area contributed by atoms with Crippen LogP contribution >= 0.6 is 23.1 Å². The zero-order valence-electron chi connectivity index (χ0n) is 20.5. The van der Waals surface area contributed by atoms with E-state index in [-0.39, 0.29) is 16.5 Å². The lowest BCUT2D eigenvalue weighted by Gasteiger charge is -2.30. The Balaban J connectivity index is 1.59. The Morgan fingerprint density at radius 1 is 1.05 bits per heavy atom. The van der Waals surface area contributed by atoms with Gasteiger partial charge in [-0.25, -0.2) is 4.90 Å². The topological polar surface area (TPSA) is 88.7 Å². The lowest BCUT2D eigenvalue weighted by molar-refractivity contribution is -0.137. The van der Waals surface area contributed by atoms with E-state index in [1.165, 1.54) is 19.2 Å². The Morgan fingerprint density at radius 2 is 1.82 bits per heavy atom. The Kier molecular flexibility index (Phi) is 6.80. The van der Waals surface area contributed by atoms with E-state index in [0.717, 1.165) is 40.1 Å². The summed E-state index contributed by atoms with van der Waals surface area (Å²) < 4.78 is 51.5. The molecule has 5 rings (SSSR count). The van der Waals surface area contributed by atoms with Crippen molar-refractivity contribution in [2.45, 2.75) is 36.2 Å². The highest BCUT2D eigenvalue weighted by Gasteiger charge is 2.56. The standard InChI is InChI=1S/C26H23F3N2O5S2/c1-12(2)11-36-16-8-7-13(9-17(16)35-3)18-19-21(37-22-20(18)38-25(34)30-22)24(33)31(23(19)32)15-6-4-5-14(10-15)26(27,28)29/h4-10,12,18-19,21H,11H2,1-3H3,(H,30,34). The first-order chi connectivity index (χ1) is 18.0. The first kappa shape index (κ1) is 26.4. The van der Waals surface area contributed by atoms with Crippen molar-refractivity contribution in [2.75, 3.05) is 18.6 Å². The van der Waals surface area contributed by atoms with Crippen molar-refractivity contribution in [3.8, 4) is 11.5 Å². The minimum absolute atomic E-state index is 0.143. The summed E-state index contributed by atoms with van der Waals surface area (Å²) in [6, 6.07) is 9.35.